The lowest BCUT2D eigenvalue weighted by Crippen LogP contribution is -2.13. The third kappa shape index (κ3) is 1.31. The van der Waals surface area contributed by atoms with Crippen molar-refractivity contribution in [3.8, 4) is 0 Å². The molecule has 1 saturated carbocycles. The van der Waals surface area contributed by atoms with Gasteiger partial charge in [-0.25, -0.2) is 9.97 Å². The molecule has 3 nitrogen and oxygen atoms in total. The summed E-state index contributed by atoms with van der Waals surface area (Å²) in [4.78, 5) is 8.44. The summed E-state index contributed by atoms with van der Waals surface area (Å²) in [6.07, 6.45) is 5.45. The summed E-state index contributed by atoms with van der Waals surface area (Å²) in [5.74, 6) is 2.01. The summed E-state index contributed by atoms with van der Waals surface area (Å²) in [6, 6.07) is 0. The number of aromatic nitrogens is 2. The van der Waals surface area contributed by atoms with Crippen molar-refractivity contribution in [2.24, 2.45) is 0 Å². The summed E-state index contributed by atoms with van der Waals surface area (Å²) < 4.78 is 0.783. The SMILES string of the molecule is Nc1nc(C2CCC2)ncc1Br. The third-order valence-electron chi connectivity index (χ3n) is 2.26. The smallest absolute Gasteiger partial charge is 0.141 e. The minimum Gasteiger partial charge on any atom is -0.383 e. The molecule has 2 N–H and O–H groups in total. The lowest BCUT2D eigenvalue weighted by Gasteiger charge is -2.23. The van der Waals surface area contributed by atoms with E-state index >= 15 is 0 Å². The first kappa shape index (κ1) is 7.98. The Morgan fingerprint density at radius 3 is 2.75 bits per heavy atom. The molecule has 0 aromatic carbocycles. The van der Waals surface area contributed by atoms with Gasteiger partial charge in [0.2, 0.25) is 0 Å². The minimum absolute atomic E-state index is 0.548. The van der Waals surface area contributed by atoms with E-state index in [1.165, 1.54) is 19.3 Å². The Balaban J connectivity index is 2.27. The number of hydrogen-bond acceptors (Lipinski definition) is 3. The molecule has 0 radical (unpaired) electrons. The fourth-order valence-corrected chi connectivity index (χ4v) is 1.45. The second kappa shape index (κ2) is 3.01. The van der Waals surface area contributed by atoms with Crippen LogP contribution in [-0.4, -0.2) is 9.97 Å². The number of halogens is 1. The second-order valence-electron chi connectivity index (χ2n) is 3.09. The van der Waals surface area contributed by atoms with E-state index in [4.69, 9.17) is 5.73 Å². The predicted molar refractivity (Wildman–Crippen MR) is 50.7 cm³/mol. The monoisotopic (exact) mass is 227 g/mol. The van der Waals surface area contributed by atoms with E-state index < -0.39 is 0 Å². The quantitative estimate of drug-likeness (QED) is 0.800. The van der Waals surface area contributed by atoms with E-state index in [0.29, 0.717) is 11.7 Å². The van der Waals surface area contributed by atoms with Gasteiger partial charge in [0.05, 0.1) is 4.47 Å². The highest BCUT2D eigenvalue weighted by atomic mass is 79.9. The normalized spacial score (nSPS) is 17.4. The molecular weight excluding hydrogens is 218 g/mol. The molecule has 1 heterocycles. The Hall–Kier alpha value is -0.640. The molecule has 0 aliphatic heterocycles. The molecule has 2 rings (SSSR count). The maximum Gasteiger partial charge on any atom is 0.141 e. The molecule has 0 atom stereocenters. The maximum atomic E-state index is 5.64. The maximum absolute atomic E-state index is 5.64. The molecule has 1 aromatic rings. The van der Waals surface area contributed by atoms with Crippen molar-refractivity contribution in [1.29, 1.82) is 0 Å². The molecule has 1 aliphatic rings. The van der Waals surface area contributed by atoms with E-state index in [2.05, 4.69) is 25.9 Å². The van der Waals surface area contributed by atoms with Gasteiger partial charge in [-0.05, 0) is 28.8 Å². The van der Waals surface area contributed by atoms with Crippen molar-refractivity contribution in [3.63, 3.8) is 0 Å². The Morgan fingerprint density at radius 1 is 1.50 bits per heavy atom. The van der Waals surface area contributed by atoms with Crippen molar-refractivity contribution in [1.82, 2.24) is 9.97 Å². The molecule has 1 aromatic heterocycles. The molecule has 0 bridgehead atoms. The van der Waals surface area contributed by atoms with Crippen LogP contribution in [-0.2, 0) is 0 Å². The van der Waals surface area contributed by atoms with Crippen LogP contribution in [0.15, 0.2) is 10.7 Å². The van der Waals surface area contributed by atoms with E-state index in [1.807, 2.05) is 0 Å². The van der Waals surface area contributed by atoms with Crippen LogP contribution in [0.3, 0.4) is 0 Å². The molecule has 1 aliphatic carbocycles. The van der Waals surface area contributed by atoms with Crippen LogP contribution in [0, 0.1) is 0 Å². The van der Waals surface area contributed by atoms with Crippen LogP contribution in [0.4, 0.5) is 5.82 Å². The van der Waals surface area contributed by atoms with Crippen LogP contribution >= 0.6 is 15.9 Å². The average Bonchev–Trinajstić information content (AvgIpc) is 1.93. The second-order valence-corrected chi connectivity index (χ2v) is 3.94. The molecule has 0 unspecified atom stereocenters. The molecule has 4 heteroatoms. The van der Waals surface area contributed by atoms with Gasteiger partial charge in [-0.1, -0.05) is 6.42 Å². The van der Waals surface area contributed by atoms with Crippen LogP contribution in [0.1, 0.15) is 31.0 Å². The van der Waals surface area contributed by atoms with Crippen molar-refractivity contribution in [2.75, 3.05) is 5.73 Å². The van der Waals surface area contributed by atoms with Crippen molar-refractivity contribution >= 4 is 21.7 Å². The minimum atomic E-state index is 0.548. The fraction of sp³-hybridized carbons (Fsp3) is 0.500. The van der Waals surface area contributed by atoms with Gasteiger partial charge < -0.3 is 5.73 Å². The highest BCUT2D eigenvalue weighted by molar-refractivity contribution is 9.10. The average molecular weight is 228 g/mol. The zero-order chi connectivity index (χ0) is 8.55. The van der Waals surface area contributed by atoms with Crippen molar-refractivity contribution in [2.45, 2.75) is 25.2 Å². The highest BCUT2D eigenvalue weighted by Gasteiger charge is 2.22. The zero-order valence-electron chi connectivity index (χ0n) is 6.63. The summed E-state index contributed by atoms with van der Waals surface area (Å²) in [5.41, 5.74) is 5.64. The van der Waals surface area contributed by atoms with Crippen LogP contribution < -0.4 is 5.73 Å². The molecule has 0 spiro atoms. The van der Waals surface area contributed by atoms with Gasteiger partial charge in [-0.3, -0.25) is 0 Å². The largest absolute Gasteiger partial charge is 0.383 e. The molecule has 64 valence electrons. The molecule has 0 saturated heterocycles. The van der Waals surface area contributed by atoms with Crippen LogP contribution in [0.5, 0.6) is 0 Å². The molecule has 1 fully saturated rings. The van der Waals surface area contributed by atoms with Crippen molar-refractivity contribution < 1.29 is 0 Å². The lowest BCUT2D eigenvalue weighted by atomic mass is 9.85. The molecule has 12 heavy (non-hydrogen) atoms. The van der Waals surface area contributed by atoms with Gasteiger partial charge in [-0.2, -0.15) is 0 Å². The Morgan fingerprint density at radius 2 is 2.25 bits per heavy atom. The number of nitrogens with zero attached hydrogens (tertiary/aromatic N) is 2. The topological polar surface area (TPSA) is 51.8 Å². The van der Waals surface area contributed by atoms with Gasteiger partial charge in [0.25, 0.3) is 0 Å². The number of hydrogen-bond donors (Lipinski definition) is 1. The van der Waals surface area contributed by atoms with Gasteiger partial charge in [0.15, 0.2) is 0 Å². The van der Waals surface area contributed by atoms with Gasteiger partial charge in [-0.15, -0.1) is 0 Å². The van der Waals surface area contributed by atoms with Crippen LogP contribution in [0.25, 0.3) is 0 Å². The summed E-state index contributed by atoms with van der Waals surface area (Å²) in [6.45, 7) is 0. The summed E-state index contributed by atoms with van der Waals surface area (Å²) in [5, 5.41) is 0. The van der Waals surface area contributed by atoms with Crippen LogP contribution in [0.2, 0.25) is 0 Å². The number of rotatable bonds is 1. The number of nitrogen functional groups attached to an aromatic ring is 1. The van der Waals surface area contributed by atoms with Gasteiger partial charge >= 0.3 is 0 Å². The first-order chi connectivity index (χ1) is 5.77. The van der Waals surface area contributed by atoms with E-state index in [-0.39, 0.29) is 0 Å². The number of anilines is 1. The number of nitrogens with two attached hydrogens (primary N) is 1. The lowest BCUT2D eigenvalue weighted by molar-refractivity contribution is 0.401. The third-order valence-corrected chi connectivity index (χ3v) is 2.87. The first-order valence-electron chi connectivity index (χ1n) is 4.05. The molecule has 0 amide bonds. The Labute approximate surface area is 79.5 Å². The van der Waals surface area contributed by atoms with Crippen molar-refractivity contribution in [3.05, 3.63) is 16.5 Å². The summed E-state index contributed by atoms with van der Waals surface area (Å²) >= 11 is 3.27. The molecular formula is C8H10BrN3. The first-order valence-corrected chi connectivity index (χ1v) is 4.84. The Bertz CT molecular complexity index is 296. The van der Waals surface area contributed by atoms with E-state index in [1.54, 1.807) is 6.20 Å². The highest BCUT2D eigenvalue weighted by Crippen LogP contribution is 2.34. The zero-order valence-corrected chi connectivity index (χ0v) is 8.21. The van der Waals surface area contributed by atoms with Gasteiger partial charge in [0.1, 0.15) is 11.6 Å². The standard InChI is InChI=1S/C8H10BrN3/c9-6-4-11-8(12-7(6)10)5-2-1-3-5/h4-5H,1-3H2,(H2,10,11,12). The van der Waals surface area contributed by atoms with Gasteiger partial charge in [0, 0.05) is 12.1 Å². The predicted octanol–water partition coefficient (Wildman–Crippen LogP) is 2.09. The summed E-state index contributed by atoms with van der Waals surface area (Å²) in [7, 11) is 0. The Kier molecular flexibility index (Phi) is 2.00. The van der Waals surface area contributed by atoms with E-state index in [0.717, 1.165) is 10.3 Å². The fourth-order valence-electron chi connectivity index (χ4n) is 1.26. The van der Waals surface area contributed by atoms with E-state index in [9.17, 15) is 0 Å².